The minimum absolute atomic E-state index is 0.0862. The lowest BCUT2D eigenvalue weighted by Gasteiger charge is -2.20. The van der Waals surface area contributed by atoms with E-state index in [1.807, 2.05) is 42.5 Å². The molecule has 0 radical (unpaired) electrons. The molecule has 6 heteroatoms. The predicted molar refractivity (Wildman–Crippen MR) is 114 cm³/mol. The highest BCUT2D eigenvalue weighted by molar-refractivity contribution is 7.90. The summed E-state index contributed by atoms with van der Waals surface area (Å²) < 4.78 is 23.5. The van der Waals surface area contributed by atoms with E-state index in [2.05, 4.69) is 0 Å². The molecule has 5 nitrogen and oxygen atoms in total. The maximum atomic E-state index is 12.7. The van der Waals surface area contributed by atoms with Gasteiger partial charge in [0.15, 0.2) is 16.4 Å². The van der Waals surface area contributed by atoms with Gasteiger partial charge in [0.1, 0.15) is 6.26 Å². The van der Waals surface area contributed by atoms with Gasteiger partial charge in [-0.25, -0.2) is 0 Å². The first-order valence-electron chi connectivity index (χ1n) is 10.1. The smallest absolute Gasteiger partial charge is 0.227 e. The van der Waals surface area contributed by atoms with Gasteiger partial charge in [0, 0.05) is 30.6 Å². The van der Waals surface area contributed by atoms with E-state index in [9.17, 15) is 9.35 Å². The maximum absolute atomic E-state index is 12.7. The molecule has 1 heterocycles. The highest BCUT2D eigenvalue weighted by atomic mass is 32.2. The van der Waals surface area contributed by atoms with Crippen LogP contribution in [0, 0.1) is 0 Å². The predicted octanol–water partition coefficient (Wildman–Crippen LogP) is 4.27. The minimum atomic E-state index is -1.07. The Morgan fingerprint density at radius 1 is 1.10 bits per heavy atom. The molecule has 4 rings (SSSR count). The molecule has 0 aromatic heterocycles. The van der Waals surface area contributed by atoms with Gasteiger partial charge in [-0.15, -0.1) is 0 Å². The monoisotopic (exact) mass is 413 g/mol. The first-order chi connectivity index (χ1) is 14.0. The fourth-order valence-electron chi connectivity index (χ4n) is 4.24. The van der Waals surface area contributed by atoms with E-state index in [0.29, 0.717) is 13.0 Å². The van der Waals surface area contributed by atoms with Crippen LogP contribution < -0.4 is 14.4 Å². The number of carbonyl (C=O) groups excluding carboxylic acids is 1. The first-order valence-corrected chi connectivity index (χ1v) is 11.7. The van der Waals surface area contributed by atoms with Gasteiger partial charge in [-0.3, -0.25) is 4.79 Å². The van der Waals surface area contributed by atoms with Crippen LogP contribution in [0.5, 0.6) is 11.5 Å². The lowest BCUT2D eigenvalue weighted by Crippen LogP contribution is -2.24. The molecule has 0 N–H and O–H groups in total. The fourth-order valence-corrected chi connectivity index (χ4v) is 4.79. The van der Waals surface area contributed by atoms with Gasteiger partial charge in [-0.05, 0) is 66.7 Å². The Morgan fingerprint density at radius 2 is 1.90 bits per heavy atom. The van der Waals surface area contributed by atoms with Crippen LogP contribution in [0.1, 0.15) is 43.6 Å². The van der Waals surface area contributed by atoms with Crippen molar-refractivity contribution in [2.45, 2.75) is 49.0 Å². The molecular formula is C23H27NO4S. The zero-order chi connectivity index (χ0) is 20.4. The molecule has 1 aliphatic carbocycles. The van der Waals surface area contributed by atoms with E-state index in [4.69, 9.17) is 9.47 Å². The zero-order valence-corrected chi connectivity index (χ0v) is 17.7. The largest absolute Gasteiger partial charge is 0.612 e. The third-order valence-electron chi connectivity index (χ3n) is 5.84. The summed E-state index contributed by atoms with van der Waals surface area (Å²) in [7, 11) is 1.65. The molecule has 0 bridgehead atoms. The summed E-state index contributed by atoms with van der Waals surface area (Å²) in [6.45, 7) is 0.605. The second kappa shape index (κ2) is 8.67. The molecule has 0 spiro atoms. The Labute approximate surface area is 175 Å². The van der Waals surface area contributed by atoms with Crippen LogP contribution in [-0.2, 0) is 16.0 Å². The van der Waals surface area contributed by atoms with Crippen LogP contribution in [0.25, 0.3) is 0 Å². The summed E-state index contributed by atoms with van der Waals surface area (Å²) >= 11 is -1.07. The van der Waals surface area contributed by atoms with E-state index < -0.39 is 11.2 Å². The van der Waals surface area contributed by atoms with E-state index in [-0.39, 0.29) is 17.9 Å². The summed E-state index contributed by atoms with van der Waals surface area (Å²) in [5, 5.41) is 0. The van der Waals surface area contributed by atoms with Crippen LogP contribution in [0.4, 0.5) is 5.69 Å². The third kappa shape index (κ3) is 4.38. The Bertz CT molecular complexity index is 879. The number of carbonyl (C=O) groups is 1. The van der Waals surface area contributed by atoms with Gasteiger partial charge >= 0.3 is 0 Å². The number of rotatable bonds is 6. The molecule has 1 saturated heterocycles. The Balaban J connectivity index is 1.54. The SMILES string of the molecule is COc1ccc([C@H]2CC(=O)N(c3cccc([S+](C)[O-])c3)C2)cc1OC1CCCC1. The van der Waals surface area contributed by atoms with Gasteiger partial charge in [-0.2, -0.15) is 0 Å². The molecule has 1 aliphatic heterocycles. The van der Waals surface area contributed by atoms with Gasteiger partial charge in [-0.1, -0.05) is 12.1 Å². The molecule has 1 saturated carbocycles. The summed E-state index contributed by atoms with van der Waals surface area (Å²) in [6.07, 6.45) is 6.93. The summed E-state index contributed by atoms with van der Waals surface area (Å²) in [5.41, 5.74) is 1.89. The molecule has 2 aliphatic rings. The number of amides is 1. The Kier molecular flexibility index (Phi) is 6.01. The molecule has 29 heavy (non-hydrogen) atoms. The maximum Gasteiger partial charge on any atom is 0.227 e. The van der Waals surface area contributed by atoms with Crippen molar-refractivity contribution in [2.24, 2.45) is 0 Å². The number of nitrogens with zero attached hydrogens (tertiary/aromatic N) is 1. The summed E-state index contributed by atoms with van der Waals surface area (Å²) in [6, 6.07) is 13.4. The quantitative estimate of drug-likeness (QED) is 0.664. The van der Waals surface area contributed by atoms with Crippen LogP contribution in [0.3, 0.4) is 0 Å². The van der Waals surface area contributed by atoms with Crippen molar-refractivity contribution in [1.29, 1.82) is 0 Å². The molecule has 1 unspecified atom stereocenters. The Hall–Kier alpha value is -2.18. The van der Waals surface area contributed by atoms with Crippen LogP contribution in [0.2, 0.25) is 0 Å². The molecular weight excluding hydrogens is 386 g/mol. The van der Waals surface area contributed by atoms with Gasteiger partial charge < -0.3 is 18.9 Å². The standard InChI is InChI=1S/C23H27NO4S/c1-27-21-11-10-16(12-22(21)28-19-7-3-4-8-19)17-13-23(25)24(15-17)18-6-5-9-20(14-18)29(2)26/h5-6,9-12,14,17,19H,3-4,7-8,13,15H2,1-2H3/t17-,29?/m0/s1. The van der Waals surface area contributed by atoms with Crippen molar-refractivity contribution in [2.75, 3.05) is 24.8 Å². The van der Waals surface area contributed by atoms with Crippen molar-refractivity contribution in [3.05, 3.63) is 48.0 Å². The second-order valence-corrected chi connectivity index (χ2v) is 9.17. The van der Waals surface area contributed by atoms with Crippen molar-refractivity contribution < 1.29 is 18.8 Å². The molecule has 2 fully saturated rings. The van der Waals surface area contributed by atoms with E-state index >= 15 is 0 Å². The molecule has 2 aromatic rings. The number of anilines is 1. The molecule has 2 atom stereocenters. The second-order valence-electron chi connectivity index (χ2n) is 7.79. The number of hydrogen-bond acceptors (Lipinski definition) is 4. The third-order valence-corrected chi connectivity index (χ3v) is 6.76. The van der Waals surface area contributed by atoms with E-state index in [1.54, 1.807) is 18.3 Å². The van der Waals surface area contributed by atoms with E-state index in [1.165, 1.54) is 12.8 Å². The lowest BCUT2D eigenvalue weighted by molar-refractivity contribution is -0.117. The van der Waals surface area contributed by atoms with Crippen molar-refractivity contribution >= 4 is 22.8 Å². The summed E-state index contributed by atoms with van der Waals surface area (Å²) in [5.74, 6) is 1.68. The van der Waals surface area contributed by atoms with Gasteiger partial charge in [0.05, 0.1) is 13.2 Å². The van der Waals surface area contributed by atoms with Crippen LogP contribution in [0.15, 0.2) is 47.4 Å². The average molecular weight is 414 g/mol. The first kappa shape index (κ1) is 20.1. The number of benzene rings is 2. The fraction of sp³-hybridized carbons (Fsp3) is 0.435. The minimum Gasteiger partial charge on any atom is -0.612 e. The van der Waals surface area contributed by atoms with Gasteiger partial charge in [0.2, 0.25) is 5.91 Å². The molecule has 2 aromatic carbocycles. The van der Waals surface area contributed by atoms with Gasteiger partial charge in [0.25, 0.3) is 0 Å². The average Bonchev–Trinajstić information content (AvgIpc) is 3.37. The van der Waals surface area contributed by atoms with Crippen LogP contribution >= 0.6 is 0 Å². The van der Waals surface area contributed by atoms with E-state index in [0.717, 1.165) is 40.5 Å². The highest BCUT2D eigenvalue weighted by Crippen LogP contribution is 2.38. The number of hydrogen-bond donors (Lipinski definition) is 0. The van der Waals surface area contributed by atoms with Crippen molar-refractivity contribution in [3.8, 4) is 11.5 Å². The zero-order valence-electron chi connectivity index (χ0n) is 16.9. The number of ether oxygens (including phenoxy) is 2. The lowest BCUT2D eigenvalue weighted by atomic mass is 9.98. The molecule has 154 valence electrons. The summed E-state index contributed by atoms with van der Waals surface area (Å²) in [4.78, 5) is 15.2. The highest BCUT2D eigenvalue weighted by Gasteiger charge is 2.32. The topological polar surface area (TPSA) is 61.8 Å². The Morgan fingerprint density at radius 3 is 2.62 bits per heavy atom. The van der Waals surface area contributed by atoms with Crippen molar-refractivity contribution in [3.63, 3.8) is 0 Å². The number of methoxy groups -OCH3 is 1. The molecule has 1 amide bonds. The van der Waals surface area contributed by atoms with Crippen LogP contribution in [-0.4, -0.2) is 36.5 Å². The van der Waals surface area contributed by atoms with Crippen molar-refractivity contribution in [1.82, 2.24) is 0 Å². The normalized spacial score (nSPS) is 20.9.